The molecule has 1 aliphatic heterocycles. The van der Waals surface area contributed by atoms with Gasteiger partial charge in [0.1, 0.15) is 6.04 Å². The van der Waals surface area contributed by atoms with Crippen LogP contribution < -0.4 is 5.32 Å². The molecule has 0 bridgehead atoms. The molecule has 3 unspecified atom stereocenters. The predicted octanol–water partition coefficient (Wildman–Crippen LogP) is 1.19. The third-order valence-corrected chi connectivity index (χ3v) is 4.82. The van der Waals surface area contributed by atoms with Crippen LogP contribution in [0.2, 0.25) is 0 Å². The van der Waals surface area contributed by atoms with Crippen molar-refractivity contribution >= 4 is 11.9 Å². The van der Waals surface area contributed by atoms with E-state index in [1.54, 1.807) is 6.92 Å². The van der Waals surface area contributed by atoms with Crippen molar-refractivity contribution in [3.8, 4) is 0 Å². The minimum atomic E-state index is -0.407. The topological polar surface area (TPSA) is 67.2 Å². The van der Waals surface area contributed by atoms with Gasteiger partial charge in [-0.15, -0.1) is 0 Å². The summed E-state index contributed by atoms with van der Waals surface area (Å²) in [7, 11) is 0. The Morgan fingerprint density at radius 2 is 1.90 bits per heavy atom. The molecule has 1 aromatic heterocycles. The van der Waals surface area contributed by atoms with Crippen molar-refractivity contribution in [1.82, 2.24) is 19.8 Å². The van der Waals surface area contributed by atoms with E-state index in [2.05, 4.69) is 28.7 Å². The number of nitrogens with one attached hydrogen (secondary N) is 1. The zero-order chi connectivity index (χ0) is 15.1. The Morgan fingerprint density at radius 1 is 1.19 bits per heavy atom. The van der Waals surface area contributed by atoms with E-state index in [9.17, 15) is 9.59 Å². The van der Waals surface area contributed by atoms with Gasteiger partial charge in [0, 0.05) is 18.8 Å². The maximum absolute atomic E-state index is 11.9. The average molecular weight is 290 g/mol. The summed E-state index contributed by atoms with van der Waals surface area (Å²) < 4.78 is 2.10. The fourth-order valence-electron chi connectivity index (χ4n) is 3.14. The summed E-state index contributed by atoms with van der Waals surface area (Å²) in [5, 5.41) is 2.63. The second kappa shape index (κ2) is 5.16. The molecule has 3 atom stereocenters. The Balaban J connectivity index is 1.70. The van der Waals surface area contributed by atoms with Crippen LogP contribution in [0.15, 0.2) is 6.33 Å². The number of amides is 3. The molecule has 1 aromatic rings. The van der Waals surface area contributed by atoms with Crippen LogP contribution in [0.25, 0.3) is 0 Å². The molecule has 3 rings (SSSR count). The molecule has 3 amide bonds. The molecule has 1 aliphatic carbocycles. The number of urea groups is 1. The molecule has 21 heavy (non-hydrogen) atoms. The summed E-state index contributed by atoms with van der Waals surface area (Å²) in [4.78, 5) is 29.4. The van der Waals surface area contributed by atoms with Gasteiger partial charge >= 0.3 is 6.03 Å². The van der Waals surface area contributed by atoms with Crippen LogP contribution in [0.1, 0.15) is 32.2 Å². The van der Waals surface area contributed by atoms with Crippen molar-refractivity contribution in [3.63, 3.8) is 0 Å². The number of carbonyl (C=O) groups excluding carboxylic acids is 2. The minimum Gasteiger partial charge on any atom is -0.333 e. The first kappa shape index (κ1) is 14.1. The van der Waals surface area contributed by atoms with Crippen molar-refractivity contribution in [1.29, 1.82) is 0 Å². The van der Waals surface area contributed by atoms with E-state index in [4.69, 9.17) is 0 Å². The highest BCUT2D eigenvalue weighted by Gasteiger charge is 2.34. The Morgan fingerprint density at radius 3 is 2.57 bits per heavy atom. The monoisotopic (exact) mass is 290 g/mol. The first-order chi connectivity index (χ1) is 9.97. The third kappa shape index (κ3) is 2.43. The highest BCUT2D eigenvalue weighted by atomic mass is 16.2. The van der Waals surface area contributed by atoms with Crippen molar-refractivity contribution in [2.24, 2.45) is 11.8 Å². The first-order valence-electron chi connectivity index (χ1n) is 7.62. The summed E-state index contributed by atoms with van der Waals surface area (Å²) in [6, 6.07) is -0.696. The first-order valence-corrected chi connectivity index (χ1v) is 7.62. The van der Waals surface area contributed by atoms with Crippen molar-refractivity contribution in [2.45, 2.75) is 46.2 Å². The number of hydrogen-bond acceptors (Lipinski definition) is 3. The van der Waals surface area contributed by atoms with Crippen LogP contribution in [0, 0.1) is 11.8 Å². The molecule has 114 valence electrons. The maximum atomic E-state index is 11.9. The van der Waals surface area contributed by atoms with Crippen LogP contribution in [0.4, 0.5) is 4.79 Å². The van der Waals surface area contributed by atoms with Gasteiger partial charge in [-0.1, -0.05) is 13.8 Å². The van der Waals surface area contributed by atoms with E-state index in [0.29, 0.717) is 24.9 Å². The summed E-state index contributed by atoms with van der Waals surface area (Å²) in [6.07, 6.45) is 3.88. The van der Waals surface area contributed by atoms with Crippen LogP contribution >= 0.6 is 0 Å². The molecule has 6 nitrogen and oxygen atoms in total. The molecular formula is C15H22N4O2. The highest BCUT2D eigenvalue weighted by molar-refractivity contribution is 6.03. The van der Waals surface area contributed by atoms with Crippen LogP contribution in [0.3, 0.4) is 0 Å². The number of rotatable bonds is 3. The summed E-state index contributed by atoms with van der Waals surface area (Å²) in [5.74, 6) is 1.16. The Bertz CT molecular complexity index is 580. The molecule has 1 saturated heterocycles. The standard InChI is InChI=1S/C15H22N4O2/c1-9-6-12-13(7-10(9)2)18(8-16-12)4-5-19-14(20)11(3)17-15(19)21/h8-11H,4-7H2,1-3H3,(H,17,21). The smallest absolute Gasteiger partial charge is 0.324 e. The summed E-state index contributed by atoms with van der Waals surface area (Å²) >= 11 is 0. The molecule has 1 N–H and O–H groups in total. The largest absolute Gasteiger partial charge is 0.333 e. The lowest BCUT2D eigenvalue weighted by Crippen LogP contribution is -2.34. The Kier molecular flexibility index (Phi) is 3.47. The molecular weight excluding hydrogens is 268 g/mol. The zero-order valence-electron chi connectivity index (χ0n) is 12.8. The van der Waals surface area contributed by atoms with Gasteiger partial charge in [0.05, 0.1) is 12.0 Å². The summed E-state index contributed by atoms with van der Waals surface area (Å²) in [6.45, 7) is 7.27. The van der Waals surface area contributed by atoms with Gasteiger partial charge in [-0.25, -0.2) is 9.78 Å². The average Bonchev–Trinajstić information content (AvgIpc) is 2.91. The van der Waals surface area contributed by atoms with E-state index in [1.165, 1.54) is 16.3 Å². The SMILES string of the molecule is CC1NC(=O)N(CCn2cnc3c2CC(C)C(C)C3)C1=O. The molecule has 0 saturated carbocycles. The molecule has 1 fully saturated rings. The van der Waals surface area contributed by atoms with Gasteiger partial charge in [-0.05, 0) is 31.6 Å². The zero-order valence-corrected chi connectivity index (χ0v) is 12.8. The van der Waals surface area contributed by atoms with Crippen LogP contribution in [-0.2, 0) is 24.2 Å². The molecule has 6 heteroatoms. The van der Waals surface area contributed by atoms with E-state index in [-0.39, 0.29) is 11.9 Å². The third-order valence-electron chi connectivity index (χ3n) is 4.82. The van der Waals surface area contributed by atoms with Crippen LogP contribution in [-0.4, -0.2) is 39.0 Å². The number of imidazole rings is 1. The van der Waals surface area contributed by atoms with Gasteiger partial charge in [0.15, 0.2) is 0 Å². The van der Waals surface area contributed by atoms with Gasteiger partial charge in [0.2, 0.25) is 0 Å². The number of imide groups is 1. The number of fused-ring (bicyclic) bond motifs is 1. The lowest BCUT2D eigenvalue weighted by Gasteiger charge is -2.26. The molecule has 2 heterocycles. The van der Waals surface area contributed by atoms with Crippen molar-refractivity contribution < 1.29 is 9.59 Å². The second-order valence-electron chi connectivity index (χ2n) is 6.36. The summed E-state index contributed by atoms with van der Waals surface area (Å²) in [5.41, 5.74) is 2.44. The number of hydrogen-bond donors (Lipinski definition) is 1. The number of nitrogens with zero attached hydrogens (tertiary/aromatic N) is 3. The molecule has 0 aromatic carbocycles. The van der Waals surface area contributed by atoms with Gasteiger partial charge < -0.3 is 9.88 Å². The van der Waals surface area contributed by atoms with E-state index >= 15 is 0 Å². The van der Waals surface area contributed by atoms with Crippen LogP contribution in [0.5, 0.6) is 0 Å². The van der Waals surface area contributed by atoms with Crippen molar-refractivity contribution in [3.05, 3.63) is 17.7 Å². The fourth-order valence-corrected chi connectivity index (χ4v) is 3.14. The quantitative estimate of drug-likeness (QED) is 0.850. The highest BCUT2D eigenvalue weighted by Crippen LogP contribution is 2.29. The van der Waals surface area contributed by atoms with Gasteiger partial charge in [0.25, 0.3) is 5.91 Å². The normalized spacial score (nSPS) is 28.7. The Hall–Kier alpha value is -1.85. The number of carbonyl (C=O) groups is 2. The molecule has 2 aliphatic rings. The second-order valence-corrected chi connectivity index (χ2v) is 6.36. The number of aromatic nitrogens is 2. The lowest BCUT2D eigenvalue weighted by molar-refractivity contribution is -0.127. The maximum Gasteiger partial charge on any atom is 0.324 e. The predicted molar refractivity (Wildman–Crippen MR) is 77.7 cm³/mol. The minimum absolute atomic E-state index is 0.143. The lowest BCUT2D eigenvalue weighted by atomic mass is 9.82. The van der Waals surface area contributed by atoms with E-state index < -0.39 is 6.04 Å². The van der Waals surface area contributed by atoms with E-state index in [1.807, 2.05) is 6.33 Å². The van der Waals surface area contributed by atoms with Gasteiger partial charge in [-0.3, -0.25) is 9.69 Å². The molecule has 0 spiro atoms. The molecule has 0 radical (unpaired) electrons. The van der Waals surface area contributed by atoms with E-state index in [0.717, 1.165) is 12.8 Å². The van der Waals surface area contributed by atoms with Gasteiger partial charge in [-0.2, -0.15) is 0 Å². The Labute approximate surface area is 124 Å². The fraction of sp³-hybridized carbons (Fsp3) is 0.667. The van der Waals surface area contributed by atoms with Crippen molar-refractivity contribution in [2.75, 3.05) is 6.54 Å².